The average molecular weight is 164 g/mol. The summed E-state index contributed by atoms with van der Waals surface area (Å²) >= 11 is 0. The Morgan fingerprint density at radius 1 is 1.50 bits per heavy atom. The van der Waals surface area contributed by atoms with Gasteiger partial charge in [-0.2, -0.15) is 4.57 Å². The summed E-state index contributed by atoms with van der Waals surface area (Å²) in [5.41, 5.74) is 0.595. The summed E-state index contributed by atoms with van der Waals surface area (Å²) in [4.78, 5) is 11.4. The number of carbonyl (C=O) groups is 1. The lowest BCUT2D eigenvalue weighted by atomic mass is 10.1. The number of hydrogen-bond acceptors (Lipinski definition) is 2. The van der Waals surface area contributed by atoms with Crippen LogP contribution in [-0.2, 0) is 0 Å². The number of fused-ring (bicyclic) bond motifs is 1. The molecule has 1 aromatic rings. The van der Waals surface area contributed by atoms with Crippen molar-refractivity contribution < 1.29 is 14.5 Å². The van der Waals surface area contributed by atoms with Crippen molar-refractivity contribution in [1.29, 1.82) is 0 Å². The van der Waals surface area contributed by atoms with Crippen molar-refractivity contribution in [2.45, 2.75) is 13.2 Å². The minimum Gasteiger partial charge on any atom is -0.336 e. The number of carbonyl (C=O) groups excluding carboxylic acids is 1. The quantitative estimate of drug-likeness (QED) is 0.560. The zero-order valence-corrected chi connectivity index (χ0v) is 6.77. The van der Waals surface area contributed by atoms with E-state index < -0.39 is 6.23 Å². The number of aromatic nitrogens is 1. The fraction of sp³-hybridized carbons (Fsp3) is 0.333. The Labute approximate surface area is 70.3 Å². The van der Waals surface area contributed by atoms with Crippen molar-refractivity contribution in [3.8, 4) is 0 Å². The van der Waals surface area contributed by atoms with E-state index in [2.05, 4.69) is 0 Å². The van der Waals surface area contributed by atoms with Gasteiger partial charge >= 0.3 is 0 Å². The summed E-state index contributed by atoms with van der Waals surface area (Å²) < 4.78 is 1.60. The molecule has 0 aromatic carbocycles. The Kier molecular flexibility index (Phi) is 1.48. The molecular formula is C9H10NO2+. The first kappa shape index (κ1) is 7.43. The highest BCUT2D eigenvalue weighted by Gasteiger charge is 2.42. The molecule has 62 valence electrons. The van der Waals surface area contributed by atoms with Crippen LogP contribution < -0.4 is 4.57 Å². The van der Waals surface area contributed by atoms with E-state index in [-0.39, 0.29) is 11.7 Å². The number of hydrogen-bond donors (Lipinski definition) is 1. The van der Waals surface area contributed by atoms with Crippen molar-refractivity contribution in [3.63, 3.8) is 0 Å². The third kappa shape index (κ3) is 0.800. The second kappa shape index (κ2) is 2.38. The average Bonchev–Trinajstić information content (AvgIpc) is 2.33. The largest absolute Gasteiger partial charge is 0.336 e. The first-order chi connectivity index (χ1) is 5.72. The summed E-state index contributed by atoms with van der Waals surface area (Å²) in [6, 6.07) is 5.33. The van der Waals surface area contributed by atoms with Gasteiger partial charge in [0.05, 0.1) is 0 Å². The predicted octanol–water partition coefficient (Wildman–Crippen LogP) is 0.297. The Hall–Kier alpha value is -1.22. The highest BCUT2D eigenvalue weighted by molar-refractivity contribution is 5.95. The molecule has 0 aliphatic carbocycles. The molecule has 0 fully saturated rings. The van der Waals surface area contributed by atoms with E-state index in [0.29, 0.717) is 5.69 Å². The molecule has 0 saturated heterocycles. The summed E-state index contributed by atoms with van der Waals surface area (Å²) in [6.45, 7) is 1.74. The standard InChI is InChI=1S/C9H10NO2/c1-6-8(11)7-4-2-3-5-10(7)9(6)12/h2-6,9,12H,1H3/q+1. The number of pyridine rings is 1. The molecule has 1 aliphatic heterocycles. The van der Waals surface area contributed by atoms with E-state index >= 15 is 0 Å². The first-order valence-corrected chi connectivity index (χ1v) is 3.94. The van der Waals surface area contributed by atoms with E-state index in [0.717, 1.165) is 0 Å². The Morgan fingerprint density at radius 3 is 2.92 bits per heavy atom. The van der Waals surface area contributed by atoms with Gasteiger partial charge in [0.1, 0.15) is 5.92 Å². The van der Waals surface area contributed by atoms with E-state index in [1.165, 1.54) is 0 Å². The molecule has 3 heteroatoms. The molecule has 0 bridgehead atoms. The van der Waals surface area contributed by atoms with Crippen LogP contribution in [0.2, 0.25) is 0 Å². The minimum atomic E-state index is -0.686. The van der Waals surface area contributed by atoms with Gasteiger partial charge in [0, 0.05) is 12.1 Å². The molecule has 1 aliphatic rings. The molecular weight excluding hydrogens is 154 g/mol. The molecule has 0 spiro atoms. The molecule has 1 N–H and O–H groups in total. The van der Waals surface area contributed by atoms with Crippen molar-refractivity contribution in [2.24, 2.45) is 5.92 Å². The molecule has 1 aromatic heterocycles. The molecule has 0 saturated carbocycles. The zero-order valence-electron chi connectivity index (χ0n) is 6.77. The first-order valence-electron chi connectivity index (χ1n) is 3.94. The minimum absolute atomic E-state index is 0.0168. The van der Waals surface area contributed by atoms with Crippen LogP contribution in [0.3, 0.4) is 0 Å². The van der Waals surface area contributed by atoms with Crippen LogP contribution in [0.1, 0.15) is 23.6 Å². The van der Waals surface area contributed by atoms with E-state index in [4.69, 9.17) is 0 Å². The highest BCUT2D eigenvalue weighted by atomic mass is 16.3. The van der Waals surface area contributed by atoms with Gasteiger partial charge in [-0.25, -0.2) is 0 Å². The van der Waals surface area contributed by atoms with Crippen LogP contribution >= 0.6 is 0 Å². The normalized spacial score (nSPS) is 27.3. The van der Waals surface area contributed by atoms with Gasteiger partial charge in [-0.15, -0.1) is 0 Å². The molecule has 0 amide bonds. The maximum Gasteiger partial charge on any atom is 0.270 e. The maximum atomic E-state index is 11.4. The number of nitrogens with zero attached hydrogens (tertiary/aromatic N) is 1. The summed E-state index contributed by atoms with van der Waals surface area (Å²) in [7, 11) is 0. The third-order valence-electron chi connectivity index (χ3n) is 2.29. The molecule has 0 radical (unpaired) electrons. The number of aliphatic hydroxyl groups is 1. The number of Topliss-reactive ketones (excluding diaryl/α,β-unsaturated/α-hetero) is 1. The van der Waals surface area contributed by atoms with Gasteiger partial charge in [0.2, 0.25) is 5.78 Å². The van der Waals surface area contributed by atoms with E-state index in [9.17, 15) is 9.90 Å². The molecule has 2 rings (SSSR count). The smallest absolute Gasteiger partial charge is 0.270 e. The zero-order chi connectivity index (χ0) is 8.72. The summed E-state index contributed by atoms with van der Waals surface area (Å²) in [5.74, 6) is -0.296. The van der Waals surface area contributed by atoms with Crippen LogP contribution in [-0.4, -0.2) is 10.9 Å². The number of ketones is 1. The van der Waals surface area contributed by atoms with Crippen LogP contribution in [0, 0.1) is 5.92 Å². The van der Waals surface area contributed by atoms with Crippen molar-refractivity contribution in [1.82, 2.24) is 0 Å². The number of rotatable bonds is 0. The van der Waals surface area contributed by atoms with E-state index in [1.54, 1.807) is 35.9 Å². The van der Waals surface area contributed by atoms with Gasteiger partial charge in [-0.1, -0.05) is 0 Å². The predicted molar refractivity (Wildman–Crippen MR) is 41.4 cm³/mol. The second-order valence-corrected chi connectivity index (χ2v) is 3.06. The fourth-order valence-corrected chi connectivity index (χ4v) is 1.51. The SMILES string of the molecule is CC1C(=O)c2cccc[n+]2C1O. The van der Waals surface area contributed by atoms with Crippen molar-refractivity contribution in [2.75, 3.05) is 0 Å². The highest BCUT2D eigenvalue weighted by Crippen LogP contribution is 2.20. The lowest BCUT2D eigenvalue weighted by molar-refractivity contribution is -0.756. The lowest BCUT2D eigenvalue weighted by Crippen LogP contribution is -2.38. The summed E-state index contributed by atoms with van der Waals surface area (Å²) in [5, 5.41) is 9.56. The molecule has 2 heterocycles. The monoisotopic (exact) mass is 164 g/mol. The van der Waals surface area contributed by atoms with Crippen LogP contribution in [0.5, 0.6) is 0 Å². The topological polar surface area (TPSA) is 41.2 Å². The van der Waals surface area contributed by atoms with Crippen LogP contribution in [0.15, 0.2) is 24.4 Å². The fourth-order valence-electron chi connectivity index (χ4n) is 1.51. The summed E-state index contributed by atoms with van der Waals surface area (Å²) in [6.07, 6.45) is 1.04. The third-order valence-corrected chi connectivity index (χ3v) is 2.29. The lowest BCUT2D eigenvalue weighted by Gasteiger charge is -1.99. The molecule has 2 atom stereocenters. The van der Waals surface area contributed by atoms with Crippen LogP contribution in [0.4, 0.5) is 0 Å². The Balaban J connectivity index is 2.59. The van der Waals surface area contributed by atoms with Gasteiger partial charge < -0.3 is 5.11 Å². The Morgan fingerprint density at radius 2 is 2.25 bits per heavy atom. The number of aliphatic hydroxyl groups excluding tert-OH is 1. The molecule has 2 unspecified atom stereocenters. The van der Waals surface area contributed by atoms with Gasteiger partial charge in [0.15, 0.2) is 6.20 Å². The molecule has 3 nitrogen and oxygen atoms in total. The van der Waals surface area contributed by atoms with Crippen molar-refractivity contribution in [3.05, 3.63) is 30.1 Å². The van der Waals surface area contributed by atoms with Crippen LogP contribution in [0.25, 0.3) is 0 Å². The van der Waals surface area contributed by atoms with Gasteiger partial charge in [-0.05, 0) is 13.0 Å². The molecule has 12 heavy (non-hydrogen) atoms. The van der Waals surface area contributed by atoms with Crippen molar-refractivity contribution >= 4 is 5.78 Å². The van der Waals surface area contributed by atoms with Gasteiger partial charge in [-0.3, -0.25) is 4.79 Å². The van der Waals surface area contributed by atoms with Gasteiger partial charge in [0.25, 0.3) is 11.9 Å². The van der Waals surface area contributed by atoms with E-state index in [1.807, 2.05) is 0 Å². The maximum absolute atomic E-state index is 11.4. The Bertz CT molecular complexity index is 335. The second-order valence-electron chi connectivity index (χ2n) is 3.06.